The first-order chi connectivity index (χ1) is 7.59. The van der Waals surface area contributed by atoms with Crippen LogP contribution in [0.5, 0.6) is 0 Å². The third-order valence-electron chi connectivity index (χ3n) is 2.27. The zero-order valence-electron chi connectivity index (χ0n) is 9.70. The molecule has 88 valence electrons. The van der Waals surface area contributed by atoms with Gasteiger partial charge < -0.3 is 4.74 Å². The lowest BCUT2D eigenvalue weighted by atomic mass is 10.1. The highest BCUT2D eigenvalue weighted by molar-refractivity contribution is 6.20. The number of hydrogen-bond acceptors (Lipinski definition) is 2. The molecule has 0 aliphatic rings. The maximum atomic E-state index is 11.5. The number of alkyl halides is 1. The Labute approximate surface area is 102 Å². The van der Waals surface area contributed by atoms with Gasteiger partial charge in [0.05, 0.1) is 12.2 Å². The predicted molar refractivity (Wildman–Crippen MR) is 66.0 cm³/mol. The molecule has 16 heavy (non-hydrogen) atoms. The Morgan fingerprint density at radius 1 is 1.38 bits per heavy atom. The summed E-state index contributed by atoms with van der Waals surface area (Å²) in [6, 6.07) is 7.36. The standard InChI is InChI=1S/C13H17ClO2/c1-10-5-7-12(8-6-10)13(15)16-9-3-4-11(2)14/h5-8,11H,3-4,9H2,1-2H3. The second-order valence-corrected chi connectivity index (χ2v) is 4.67. The second kappa shape index (κ2) is 6.54. The molecule has 1 atom stereocenters. The molecule has 0 aliphatic heterocycles. The summed E-state index contributed by atoms with van der Waals surface area (Å²) in [5.74, 6) is -0.262. The van der Waals surface area contributed by atoms with Crippen molar-refractivity contribution in [2.24, 2.45) is 0 Å². The third kappa shape index (κ3) is 4.67. The Morgan fingerprint density at radius 3 is 2.56 bits per heavy atom. The number of carbonyl (C=O) groups is 1. The molecule has 0 saturated carbocycles. The molecule has 0 amide bonds. The minimum Gasteiger partial charge on any atom is -0.462 e. The highest BCUT2D eigenvalue weighted by Crippen LogP contribution is 2.07. The van der Waals surface area contributed by atoms with Crippen molar-refractivity contribution >= 4 is 17.6 Å². The molecule has 1 unspecified atom stereocenters. The van der Waals surface area contributed by atoms with Gasteiger partial charge in [-0.1, -0.05) is 17.7 Å². The number of benzene rings is 1. The van der Waals surface area contributed by atoms with Gasteiger partial charge in [0.25, 0.3) is 0 Å². The van der Waals surface area contributed by atoms with Crippen molar-refractivity contribution in [3.8, 4) is 0 Å². The highest BCUT2D eigenvalue weighted by atomic mass is 35.5. The van der Waals surface area contributed by atoms with Gasteiger partial charge in [0.1, 0.15) is 0 Å². The fourth-order valence-corrected chi connectivity index (χ4v) is 1.46. The van der Waals surface area contributed by atoms with Gasteiger partial charge in [0.2, 0.25) is 0 Å². The molecule has 0 fully saturated rings. The van der Waals surface area contributed by atoms with E-state index in [2.05, 4.69) is 0 Å². The van der Waals surface area contributed by atoms with Crippen molar-refractivity contribution < 1.29 is 9.53 Å². The minimum atomic E-state index is -0.262. The Morgan fingerprint density at radius 2 is 2.00 bits per heavy atom. The quantitative estimate of drug-likeness (QED) is 0.447. The third-order valence-corrected chi connectivity index (χ3v) is 2.48. The van der Waals surface area contributed by atoms with E-state index in [1.807, 2.05) is 26.0 Å². The van der Waals surface area contributed by atoms with E-state index in [-0.39, 0.29) is 11.3 Å². The average molecular weight is 241 g/mol. The highest BCUT2D eigenvalue weighted by Gasteiger charge is 2.06. The molecule has 0 bridgehead atoms. The molecule has 1 rings (SSSR count). The molecular formula is C13H17ClO2. The van der Waals surface area contributed by atoms with Crippen LogP contribution >= 0.6 is 11.6 Å². The van der Waals surface area contributed by atoms with Gasteiger partial charge in [0.15, 0.2) is 0 Å². The van der Waals surface area contributed by atoms with Crippen LogP contribution in [0.2, 0.25) is 0 Å². The second-order valence-electron chi connectivity index (χ2n) is 3.92. The van der Waals surface area contributed by atoms with Gasteiger partial charge in [-0.2, -0.15) is 0 Å². The van der Waals surface area contributed by atoms with E-state index in [1.54, 1.807) is 12.1 Å². The van der Waals surface area contributed by atoms with Crippen molar-refractivity contribution in [3.05, 3.63) is 35.4 Å². The molecule has 1 aromatic rings. The van der Waals surface area contributed by atoms with Gasteiger partial charge in [-0.05, 0) is 38.8 Å². The molecule has 0 aliphatic carbocycles. The zero-order chi connectivity index (χ0) is 12.0. The smallest absolute Gasteiger partial charge is 0.338 e. The average Bonchev–Trinajstić information content (AvgIpc) is 2.25. The lowest BCUT2D eigenvalue weighted by molar-refractivity contribution is 0.0498. The molecule has 0 aromatic heterocycles. The number of hydrogen-bond donors (Lipinski definition) is 0. The minimum absolute atomic E-state index is 0.137. The first kappa shape index (κ1) is 13.0. The maximum Gasteiger partial charge on any atom is 0.338 e. The predicted octanol–water partition coefficient (Wildman–Crippen LogP) is 3.56. The fraction of sp³-hybridized carbons (Fsp3) is 0.462. The van der Waals surface area contributed by atoms with Gasteiger partial charge >= 0.3 is 5.97 Å². The Bertz CT molecular complexity index is 330. The largest absolute Gasteiger partial charge is 0.462 e. The van der Waals surface area contributed by atoms with E-state index in [4.69, 9.17) is 16.3 Å². The molecule has 2 nitrogen and oxygen atoms in total. The maximum absolute atomic E-state index is 11.5. The van der Waals surface area contributed by atoms with Crippen LogP contribution in [0.3, 0.4) is 0 Å². The summed E-state index contributed by atoms with van der Waals surface area (Å²) in [6.07, 6.45) is 1.67. The van der Waals surface area contributed by atoms with Crippen molar-refractivity contribution in [3.63, 3.8) is 0 Å². The molecule has 0 spiro atoms. The molecule has 3 heteroatoms. The molecule has 0 N–H and O–H groups in total. The number of rotatable bonds is 5. The number of ether oxygens (including phenoxy) is 1. The summed E-state index contributed by atoms with van der Waals surface area (Å²) in [7, 11) is 0. The van der Waals surface area contributed by atoms with Crippen LogP contribution in [0.25, 0.3) is 0 Å². The number of esters is 1. The van der Waals surface area contributed by atoms with Crippen molar-refractivity contribution in [1.29, 1.82) is 0 Å². The molecular weight excluding hydrogens is 224 g/mol. The Kier molecular flexibility index (Phi) is 5.33. The molecule has 1 aromatic carbocycles. The molecule has 0 radical (unpaired) electrons. The summed E-state index contributed by atoms with van der Waals surface area (Å²) >= 11 is 5.79. The van der Waals surface area contributed by atoms with Crippen LogP contribution in [-0.4, -0.2) is 18.0 Å². The zero-order valence-corrected chi connectivity index (χ0v) is 10.5. The van der Waals surface area contributed by atoms with Crippen LogP contribution in [0.15, 0.2) is 24.3 Å². The molecule has 0 saturated heterocycles. The summed E-state index contributed by atoms with van der Waals surface area (Å²) in [4.78, 5) is 11.5. The van der Waals surface area contributed by atoms with Crippen LogP contribution in [0.4, 0.5) is 0 Å². The fourth-order valence-electron chi connectivity index (χ4n) is 1.30. The van der Waals surface area contributed by atoms with Gasteiger partial charge in [-0.15, -0.1) is 11.6 Å². The summed E-state index contributed by atoms with van der Waals surface area (Å²) in [5.41, 5.74) is 1.73. The number of carbonyl (C=O) groups excluding carboxylic acids is 1. The van der Waals surface area contributed by atoms with Crippen molar-refractivity contribution in [2.75, 3.05) is 6.61 Å². The van der Waals surface area contributed by atoms with E-state index in [9.17, 15) is 4.79 Å². The van der Waals surface area contributed by atoms with Crippen LogP contribution < -0.4 is 0 Å². The van der Waals surface area contributed by atoms with Crippen molar-refractivity contribution in [2.45, 2.75) is 32.1 Å². The first-order valence-corrected chi connectivity index (χ1v) is 5.91. The number of halogens is 1. The summed E-state index contributed by atoms with van der Waals surface area (Å²) in [6.45, 7) is 4.35. The van der Waals surface area contributed by atoms with E-state index in [1.165, 1.54) is 0 Å². The monoisotopic (exact) mass is 240 g/mol. The number of aryl methyl sites for hydroxylation is 1. The molecule has 0 heterocycles. The lowest BCUT2D eigenvalue weighted by Gasteiger charge is -2.05. The van der Waals surface area contributed by atoms with Gasteiger partial charge in [-0.3, -0.25) is 0 Å². The first-order valence-electron chi connectivity index (χ1n) is 5.47. The van der Waals surface area contributed by atoms with Crippen molar-refractivity contribution in [1.82, 2.24) is 0 Å². The summed E-state index contributed by atoms with van der Waals surface area (Å²) in [5, 5.41) is 0.137. The van der Waals surface area contributed by atoms with E-state index >= 15 is 0 Å². The Hall–Kier alpha value is -1.02. The lowest BCUT2D eigenvalue weighted by Crippen LogP contribution is -2.07. The normalized spacial score (nSPS) is 12.2. The Balaban J connectivity index is 2.32. The van der Waals surface area contributed by atoms with Gasteiger partial charge in [0, 0.05) is 5.38 Å². The SMILES string of the molecule is Cc1ccc(C(=O)OCCCC(C)Cl)cc1. The van der Waals surface area contributed by atoms with E-state index in [0.29, 0.717) is 12.2 Å². The summed E-state index contributed by atoms with van der Waals surface area (Å²) < 4.78 is 5.12. The van der Waals surface area contributed by atoms with Crippen LogP contribution in [0, 0.1) is 6.92 Å². The van der Waals surface area contributed by atoms with Gasteiger partial charge in [-0.25, -0.2) is 4.79 Å². The van der Waals surface area contributed by atoms with Crippen LogP contribution in [-0.2, 0) is 4.74 Å². The topological polar surface area (TPSA) is 26.3 Å². The van der Waals surface area contributed by atoms with E-state index < -0.39 is 0 Å². The van der Waals surface area contributed by atoms with E-state index in [0.717, 1.165) is 18.4 Å². The van der Waals surface area contributed by atoms with Crippen LogP contribution in [0.1, 0.15) is 35.7 Å².